The van der Waals surface area contributed by atoms with Crippen LogP contribution in [0.5, 0.6) is 0 Å². The van der Waals surface area contributed by atoms with E-state index in [1.807, 2.05) is 0 Å². The first kappa shape index (κ1) is 10.8. The zero-order chi connectivity index (χ0) is 11.0. The summed E-state index contributed by atoms with van der Waals surface area (Å²) in [5, 5.41) is 9.17. The van der Waals surface area contributed by atoms with Gasteiger partial charge in [-0.25, -0.2) is 8.78 Å². The Morgan fingerprint density at radius 2 is 1.71 bits per heavy atom. The molecule has 0 unspecified atom stereocenters. The topological polar surface area (TPSA) is 43.1 Å². The fraction of sp³-hybridized carbons (Fsp3) is 0.143. The number of halogens is 4. The van der Waals surface area contributed by atoms with Crippen molar-refractivity contribution in [3.63, 3.8) is 0 Å². The average Bonchev–Trinajstić information content (AvgIpc) is 2.11. The van der Waals surface area contributed by atoms with Crippen molar-refractivity contribution >= 4 is 17.3 Å². The Morgan fingerprint density at radius 3 is 2.14 bits per heavy atom. The lowest BCUT2D eigenvalue weighted by molar-refractivity contribution is -0.388. The molecule has 1 rings (SSSR count). The molecule has 0 radical (unpaired) electrons. The largest absolute Gasteiger partial charge is 0.313 e. The number of hydrogen-bond acceptors (Lipinski definition) is 2. The number of hydrogen-bond donors (Lipinski definition) is 0. The molecule has 76 valence electrons. The van der Waals surface area contributed by atoms with Crippen LogP contribution < -0.4 is 0 Å². The molecule has 0 heterocycles. The minimum absolute atomic E-state index is 0.626. The number of nitrogens with zero attached hydrogens (tertiary/aromatic N) is 1. The SMILES string of the molecule is Cc1c(F)c(Cl)c(F)c(F)c1[N+](=O)[O-]. The predicted molar refractivity (Wildman–Crippen MR) is 42.7 cm³/mol. The van der Waals surface area contributed by atoms with Crippen LogP contribution in [-0.2, 0) is 0 Å². The highest BCUT2D eigenvalue weighted by Gasteiger charge is 2.29. The Morgan fingerprint density at radius 1 is 1.21 bits per heavy atom. The van der Waals surface area contributed by atoms with E-state index in [4.69, 9.17) is 11.6 Å². The summed E-state index contributed by atoms with van der Waals surface area (Å²) in [6.07, 6.45) is 0. The summed E-state index contributed by atoms with van der Waals surface area (Å²) >= 11 is 5.05. The van der Waals surface area contributed by atoms with Crippen molar-refractivity contribution in [2.24, 2.45) is 0 Å². The zero-order valence-electron chi connectivity index (χ0n) is 6.78. The number of nitro benzene ring substituents is 1. The normalized spacial score (nSPS) is 10.4. The second-order valence-electron chi connectivity index (χ2n) is 2.49. The van der Waals surface area contributed by atoms with E-state index in [1.165, 1.54) is 0 Å². The second kappa shape index (κ2) is 3.45. The molecule has 0 fully saturated rings. The first-order valence-electron chi connectivity index (χ1n) is 3.34. The maximum absolute atomic E-state index is 12.9. The van der Waals surface area contributed by atoms with E-state index in [1.54, 1.807) is 0 Å². The molecule has 0 N–H and O–H groups in total. The van der Waals surface area contributed by atoms with Crippen LogP contribution in [-0.4, -0.2) is 4.92 Å². The van der Waals surface area contributed by atoms with Crippen molar-refractivity contribution in [2.75, 3.05) is 0 Å². The summed E-state index contributed by atoms with van der Waals surface area (Å²) in [7, 11) is 0. The van der Waals surface area contributed by atoms with Crippen LogP contribution in [0.4, 0.5) is 18.9 Å². The Bertz CT molecular complexity index is 393. The van der Waals surface area contributed by atoms with Crippen molar-refractivity contribution in [3.8, 4) is 0 Å². The van der Waals surface area contributed by atoms with Crippen molar-refractivity contribution in [1.82, 2.24) is 0 Å². The molecular weight excluding hydrogens is 223 g/mol. The van der Waals surface area contributed by atoms with Crippen LogP contribution >= 0.6 is 11.6 Å². The van der Waals surface area contributed by atoms with Gasteiger partial charge in [-0.2, -0.15) is 4.39 Å². The molecule has 0 atom stereocenters. The summed E-state index contributed by atoms with van der Waals surface area (Å²) in [5.74, 6) is -4.82. The maximum Gasteiger partial charge on any atom is 0.313 e. The van der Waals surface area contributed by atoms with E-state index < -0.39 is 38.6 Å². The summed E-state index contributed by atoms with van der Waals surface area (Å²) in [4.78, 5) is 9.05. The Labute approximate surface area is 81.2 Å². The van der Waals surface area contributed by atoms with Crippen LogP contribution in [0.3, 0.4) is 0 Å². The highest BCUT2D eigenvalue weighted by atomic mass is 35.5. The summed E-state index contributed by atoms with van der Waals surface area (Å²) in [6.45, 7) is 0.946. The Hall–Kier alpha value is -1.30. The smallest absolute Gasteiger partial charge is 0.258 e. The fourth-order valence-electron chi connectivity index (χ4n) is 0.947. The van der Waals surface area contributed by atoms with Gasteiger partial charge in [0.25, 0.3) is 0 Å². The monoisotopic (exact) mass is 225 g/mol. The van der Waals surface area contributed by atoms with Gasteiger partial charge in [-0.15, -0.1) is 0 Å². The number of benzene rings is 1. The fourth-order valence-corrected chi connectivity index (χ4v) is 1.17. The molecule has 14 heavy (non-hydrogen) atoms. The highest BCUT2D eigenvalue weighted by Crippen LogP contribution is 2.32. The van der Waals surface area contributed by atoms with Crippen molar-refractivity contribution in [3.05, 3.63) is 38.2 Å². The standard InChI is InChI=1S/C7H3ClF3NO2/c1-2-4(9)3(8)5(10)6(11)7(2)12(13)14/h1H3. The van der Waals surface area contributed by atoms with Crippen LogP contribution in [0.1, 0.15) is 5.56 Å². The third kappa shape index (κ3) is 1.41. The summed E-state index contributed by atoms with van der Waals surface area (Å²) < 4.78 is 38.6. The molecule has 0 saturated heterocycles. The minimum atomic E-state index is -1.75. The molecule has 1 aromatic rings. The lowest BCUT2D eigenvalue weighted by Crippen LogP contribution is -2.02. The minimum Gasteiger partial charge on any atom is -0.258 e. The lowest BCUT2D eigenvalue weighted by atomic mass is 10.2. The van der Waals surface area contributed by atoms with Gasteiger partial charge in [0, 0.05) is 0 Å². The van der Waals surface area contributed by atoms with Gasteiger partial charge < -0.3 is 0 Å². The second-order valence-corrected chi connectivity index (χ2v) is 2.86. The molecule has 0 aromatic heterocycles. The Balaban J connectivity index is 3.68. The van der Waals surface area contributed by atoms with Gasteiger partial charge in [0.05, 0.1) is 10.5 Å². The third-order valence-electron chi connectivity index (χ3n) is 1.65. The highest BCUT2D eigenvalue weighted by molar-refractivity contribution is 6.31. The number of rotatable bonds is 1. The maximum atomic E-state index is 12.9. The van der Waals surface area contributed by atoms with Crippen LogP contribution in [0.15, 0.2) is 0 Å². The molecule has 3 nitrogen and oxygen atoms in total. The van der Waals surface area contributed by atoms with Gasteiger partial charge in [-0.1, -0.05) is 11.6 Å². The first-order chi connectivity index (χ1) is 6.37. The third-order valence-corrected chi connectivity index (χ3v) is 1.98. The summed E-state index contributed by atoms with van der Waals surface area (Å²) in [6, 6.07) is 0. The van der Waals surface area contributed by atoms with E-state index >= 15 is 0 Å². The Kier molecular flexibility index (Phi) is 2.66. The lowest BCUT2D eigenvalue weighted by Gasteiger charge is -2.03. The van der Waals surface area contributed by atoms with Crippen molar-refractivity contribution < 1.29 is 18.1 Å². The van der Waals surface area contributed by atoms with Gasteiger partial charge in [0.15, 0.2) is 11.6 Å². The average molecular weight is 226 g/mol. The molecule has 0 saturated carbocycles. The molecule has 7 heteroatoms. The predicted octanol–water partition coefficient (Wildman–Crippen LogP) is 2.97. The van der Waals surface area contributed by atoms with Gasteiger partial charge in [-0.05, 0) is 6.92 Å². The van der Waals surface area contributed by atoms with Crippen molar-refractivity contribution in [1.29, 1.82) is 0 Å². The van der Waals surface area contributed by atoms with Crippen LogP contribution in [0.2, 0.25) is 5.02 Å². The van der Waals surface area contributed by atoms with E-state index in [2.05, 4.69) is 0 Å². The first-order valence-corrected chi connectivity index (χ1v) is 3.72. The van der Waals surface area contributed by atoms with Crippen LogP contribution in [0, 0.1) is 34.5 Å². The number of nitro groups is 1. The van der Waals surface area contributed by atoms with Gasteiger partial charge >= 0.3 is 5.69 Å². The van der Waals surface area contributed by atoms with E-state index in [-0.39, 0.29) is 0 Å². The summed E-state index contributed by atoms with van der Waals surface area (Å²) in [5.41, 5.74) is -1.86. The van der Waals surface area contributed by atoms with E-state index in [0.717, 1.165) is 6.92 Å². The van der Waals surface area contributed by atoms with Crippen molar-refractivity contribution in [2.45, 2.75) is 6.92 Å². The van der Waals surface area contributed by atoms with Gasteiger partial charge in [0.1, 0.15) is 5.02 Å². The van der Waals surface area contributed by atoms with Crippen LogP contribution in [0.25, 0.3) is 0 Å². The quantitative estimate of drug-likeness (QED) is 0.319. The molecule has 0 spiro atoms. The van der Waals surface area contributed by atoms with Gasteiger partial charge in [0.2, 0.25) is 5.82 Å². The zero-order valence-corrected chi connectivity index (χ0v) is 7.53. The van der Waals surface area contributed by atoms with E-state index in [9.17, 15) is 23.3 Å². The molecular formula is C7H3ClF3NO2. The molecule has 0 bridgehead atoms. The van der Waals surface area contributed by atoms with Gasteiger partial charge in [-0.3, -0.25) is 10.1 Å². The molecule has 0 aliphatic heterocycles. The molecule has 1 aromatic carbocycles. The molecule has 0 aliphatic rings. The molecule has 0 aliphatic carbocycles. The van der Waals surface area contributed by atoms with E-state index in [0.29, 0.717) is 0 Å². The molecule has 0 amide bonds.